The third kappa shape index (κ3) is 4.00. The van der Waals surface area contributed by atoms with Gasteiger partial charge in [0.25, 0.3) is 0 Å². The molecule has 0 radical (unpaired) electrons. The highest BCUT2D eigenvalue weighted by atomic mass is 16.5. The first-order valence-electron chi connectivity index (χ1n) is 6.11. The number of aliphatic imine (C=N–C) groups is 1. The van der Waals surface area contributed by atoms with Crippen LogP contribution in [0.2, 0.25) is 0 Å². The molecule has 94 valence electrons. The first kappa shape index (κ1) is 13.3. The molecular weight excluding hydrogens is 202 g/mol. The van der Waals surface area contributed by atoms with Crippen molar-refractivity contribution >= 4 is 5.96 Å². The standard InChI is InChI=1S/C12H25N3O/c1-5-13-11(14-7-9-16-4)15-8-6-12(2,3)10-15/h5-10H2,1-4H3,(H,13,14). The Balaban J connectivity index is 2.53. The lowest BCUT2D eigenvalue weighted by atomic mass is 9.93. The summed E-state index contributed by atoms with van der Waals surface area (Å²) in [5.74, 6) is 1.03. The molecule has 0 bridgehead atoms. The minimum Gasteiger partial charge on any atom is -0.383 e. The zero-order valence-electron chi connectivity index (χ0n) is 11.0. The van der Waals surface area contributed by atoms with E-state index in [0.717, 1.165) is 32.1 Å². The third-order valence-corrected chi connectivity index (χ3v) is 2.87. The second kappa shape index (κ2) is 6.09. The van der Waals surface area contributed by atoms with Gasteiger partial charge < -0.3 is 15.0 Å². The second-order valence-electron chi connectivity index (χ2n) is 5.06. The smallest absolute Gasteiger partial charge is 0.194 e. The summed E-state index contributed by atoms with van der Waals surface area (Å²) in [6.07, 6.45) is 1.24. The molecule has 1 fully saturated rings. The Morgan fingerprint density at radius 1 is 1.50 bits per heavy atom. The molecular formula is C12H25N3O. The number of guanidine groups is 1. The predicted molar refractivity (Wildman–Crippen MR) is 67.8 cm³/mol. The maximum Gasteiger partial charge on any atom is 0.194 e. The highest BCUT2D eigenvalue weighted by Crippen LogP contribution is 2.28. The summed E-state index contributed by atoms with van der Waals surface area (Å²) in [5.41, 5.74) is 0.414. The van der Waals surface area contributed by atoms with E-state index in [4.69, 9.17) is 4.74 Å². The van der Waals surface area contributed by atoms with Crippen LogP contribution in [0.5, 0.6) is 0 Å². The van der Waals surface area contributed by atoms with E-state index in [1.807, 2.05) is 0 Å². The molecule has 0 unspecified atom stereocenters. The van der Waals surface area contributed by atoms with Crippen molar-refractivity contribution in [1.82, 2.24) is 10.2 Å². The van der Waals surface area contributed by atoms with Crippen LogP contribution in [-0.4, -0.2) is 50.8 Å². The summed E-state index contributed by atoms with van der Waals surface area (Å²) in [7, 11) is 1.71. The Morgan fingerprint density at radius 2 is 2.25 bits per heavy atom. The van der Waals surface area contributed by atoms with Crippen LogP contribution in [0.15, 0.2) is 4.99 Å². The van der Waals surface area contributed by atoms with Crippen molar-refractivity contribution in [2.24, 2.45) is 10.4 Å². The first-order chi connectivity index (χ1) is 7.59. The number of hydrogen-bond acceptors (Lipinski definition) is 2. The molecule has 0 aliphatic carbocycles. The van der Waals surface area contributed by atoms with Gasteiger partial charge in [-0.05, 0) is 18.8 Å². The van der Waals surface area contributed by atoms with Gasteiger partial charge in [-0.2, -0.15) is 0 Å². The Labute approximate surface area is 99.1 Å². The quantitative estimate of drug-likeness (QED) is 0.447. The second-order valence-corrected chi connectivity index (χ2v) is 5.06. The maximum absolute atomic E-state index is 5.02. The normalized spacial score (nSPS) is 20.2. The molecule has 1 rings (SSSR count). The molecule has 4 nitrogen and oxygen atoms in total. The fourth-order valence-corrected chi connectivity index (χ4v) is 1.96. The van der Waals surface area contributed by atoms with Crippen molar-refractivity contribution in [3.63, 3.8) is 0 Å². The predicted octanol–water partition coefficient (Wildman–Crippen LogP) is 1.33. The Morgan fingerprint density at radius 3 is 2.75 bits per heavy atom. The van der Waals surface area contributed by atoms with Gasteiger partial charge in [-0.15, -0.1) is 0 Å². The molecule has 0 aromatic carbocycles. The van der Waals surface area contributed by atoms with Gasteiger partial charge in [0.05, 0.1) is 13.2 Å². The lowest BCUT2D eigenvalue weighted by molar-refractivity contribution is 0.207. The van der Waals surface area contributed by atoms with Crippen LogP contribution < -0.4 is 5.32 Å². The largest absolute Gasteiger partial charge is 0.383 e. The fraction of sp³-hybridized carbons (Fsp3) is 0.917. The van der Waals surface area contributed by atoms with Gasteiger partial charge in [0.1, 0.15) is 0 Å². The molecule has 0 atom stereocenters. The average molecular weight is 227 g/mol. The van der Waals surface area contributed by atoms with E-state index in [1.54, 1.807) is 7.11 Å². The molecule has 0 saturated carbocycles. The van der Waals surface area contributed by atoms with E-state index in [9.17, 15) is 0 Å². The summed E-state index contributed by atoms with van der Waals surface area (Å²) < 4.78 is 5.02. The fourth-order valence-electron chi connectivity index (χ4n) is 1.96. The topological polar surface area (TPSA) is 36.9 Å². The van der Waals surface area contributed by atoms with Crippen molar-refractivity contribution in [3.05, 3.63) is 0 Å². The molecule has 0 aromatic rings. The average Bonchev–Trinajstić information content (AvgIpc) is 2.58. The van der Waals surface area contributed by atoms with Gasteiger partial charge in [-0.25, -0.2) is 0 Å². The molecule has 4 heteroatoms. The summed E-state index contributed by atoms with van der Waals surface area (Å²) in [6.45, 7) is 11.3. The molecule has 1 aliphatic rings. The maximum atomic E-state index is 5.02. The Hall–Kier alpha value is -0.770. The zero-order valence-corrected chi connectivity index (χ0v) is 11.0. The number of rotatable bonds is 4. The molecule has 1 N–H and O–H groups in total. The van der Waals surface area contributed by atoms with Crippen molar-refractivity contribution < 1.29 is 4.74 Å². The van der Waals surface area contributed by atoms with Crippen LogP contribution in [0.4, 0.5) is 0 Å². The van der Waals surface area contributed by atoms with Crippen LogP contribution >= 0.6 is 0 Å². The van der Waals surface area contributed by atoms with Crippen molar-refractivity contribution in [2.45, 2.75) is 27.2 Å². The lowest BCUT2D eigenvalue weighted by Crippen LogP contribution is -2.41. The van der Waals surface area contributed by atoms with E-state index in [-0.39, 0.29) is 0 Å². The molecule has 1 saturated heterocycles. The van der Waals surface area contributed by atoms with Gasteiger partial charge in [0.2, 0.25) is 0 Å². The molecule has 0 aromatic heterocycles. The Bertz CT molecular complexity index is 238. The van der Waals surface area contributed by atoms with Crippen LogP contribution in [0.25, 0.3) is 0 Å². The van der Waals surface area contributed by atoms with Crippen molar-refractivity contribution in [1.29, 1.82) is 0 Å². The molecule has 1 aliphatic heterocycles. The van der Waals surface area contributed by atoms with Crippen molar-refractivity contribution in [3.8, 4) is 0 Å². The van der Waals surface area contributed by atoms with Crippen LogP contribution in [-0.2, 0) is 4.74 Å². The van der Waals surface area contributed by atoms with Gasteiger partial charge in [-0.3, -0.25) is 4.99 Å². The minimum atomic E-state index is 0.414. The van der Waals surface area contributed by atoms with E-state index in [1.165, 1.54) is 6.42 Å². The van der Waals surface area contributed by atoms with E-state index in [2.05, 4.69) is 36.0 Å². The third-order valence-electron chi connectivity index (χ3n) is 2.87. The van der Waals surface area contributed by atoms with Gasteiger partial charge in [0, 0.05) is 26.7 Å². The summed E-state index contributed by atoms with van der Waals surface area (Å²) in [4.78, 5) is 6.90. The summed E-state index contributed by atoms with van der Waals surface area (Å²) >= 11 is 0. The number of nitrogens with one attached hydrogen (secondary N) is 1. The zero-order chi connectivity index (χ0) is 12.0. The number of hydrogen-bond donors (Lipinski definition) is 1. The first-order valence-corrected chi connectivity index (χ1v) is 6.11. The monoisotopic (exact) mass is 227 g/mol. The van der Waals surface area contributed by atoms with E-state index >= 15 is 0 Å². The SMILES string of the molecule is CCNC(=NCCOC)N1CCC(C)(C)C1. The number of ether oxygens (including phenoxy) is 1. The highest BCUT2D eigenvalue weighted by molar-refractivity contribution is 5.80. The van der Waals surface area contributed by atoms with Crippen LogP contribution in [0.3, 0.4) is 0 Å². The number of likely N-dealkylation sites (tertiary alicyclic amines) is 1. The number of nitrogens with zero attached hydrogens (tertiary/aromatic N) is 2. The van der Waals surface area contributed by atoms with E-state index in [0.29, 0.717) is 12.0 Å². The Kier molecular flexibility index (Phi) is 5.06. The molecule has 16 heavy (non-hydrogen) atoms. The highest BCUT2D eigenvalue weighted by Gasteiger charge is 2.30. The number of methoxy groups -OCH3 is 1. The summed E-state index contributed by atoms with van der Waals surface area (Å²) in [6, 6.07) is 0. The summed E-state index contributed by atoms with van der Waals surface area (Å²) in [5, 5.41) is 3.34. The molecule has 0 spiro atoms. The van der Waals surface area contributed by atoms with Crippen LogP contribution in [0.1, 0.15) is 27.2 Å². The van der Waals surface area contributed by atoms with Crippen molar-refractivity contribution in [2.75, 3.05) is 39.9 Å². The van der Waals surface area contributed by atoms with Gasteiger partial charge in [-0.1, -0.05) is 13.8 Å². The molecule has 1 heterocycles. The van der Waals surface area contributed by atoms with Gasteiger partial charge in [0.15, 0.2) is 5.96 Å². The van der Waals surface area contributed by atoms with E-state index < -0.39 is 0 Å². The van der Waals surface area contributed by atoms with Gasteiger partial charge >= 0.3 is 0 Å². The minimum absolute atomic E-state index is 0.414. The van der Waals surface area contributed by atoms with Crippen LogP contribution in [0, 0.1) is 5.41 Å². The lowest BCUT2D eigenvalue weighted by Gasteiger charge is -2.23. The molecule has 0 amide bonds.